The average molecular weight is 526 g/mol. The van der Waals surface area contributed by atoms with Gasteiger partial charge in [-0.05, 0) is 31.1 Å². The summed E-state index contributed by atoms with van der Waals surface area (Å²) in [5, 5.41) is 0. The van der Waals surface area contributed by atoms with Crippen LogP contribution in [0.25, 0.3) is 5.73 Å². The van der Waals surface area contributed by atoms with Crippen molar-refractivity contribution in [1.82, 2.24) is 0 Å². The molecule has 6 heteroatoms. The minimum atomic E-state index is -0.313. The smallest absolute Gasteiger partial charge is 1.00 e. The monoisotopic (exact) mass is 526 g/mol. The van der Waals surface area contributed by atoms with Gasteiger partial charge in [0.05, 0.1) is 5.91 Å². The fraction of sp³-hybridized carbons (Fsp3) is 0.688. The first kappa shape index (κ1) is 27.5. The molecule has 1 N–H and O–H groups in total. The third-order valence-corrected chi connectivity index (χ3v) is 3.95. The van der Waals surface area contributed by atoms with Crippen molar-refractivity contribution < 1.29 is 55.5 Å². The summed E-state index contributed by atoms with van der Waals surface area (Å²) in [6, 6.07) is 0. The van der Waals surface area contributed by atoms with Crippen LogP contribution in [-0.2, 0) is 30.6 Å². The van der Waals surface area contributed by atoms with E-state index in [4.69, 9.17) is 5.73 Å². The Balaban J connectivity index is -0.000000265. The Labute approximate surface area is 169 Å². The molecule has 0 aromatic carbocycles. The summed E-state index contributed by atoms with van der Waals surface area (Å²) < 4.78 is 0. The van der Waals surface area contributed by atoms with E-state index in [2.05, 4.69) is 32.2 Å². The molecule has 0 heterocycles. The Morgan fingerprint density at radius 1 is 1.27 bits per heavy atom. The van der Waals surface area contributed by atoms with E-state index in [1.807, 2.05) is 6.08 Å². The van der Waals surface area contributed by atoms with Gasteiger partial charge in [-0.1, -0.05) is 19.5 Å². The van der Waals surface area contributed by atoms with Gasteiger partial charge < -0.3 is 35.3 Å². The second-order valence-corrected chi connectivity index (χ2v) is 6.88. The minimum Gasteiger partial charge on any atom is -1.00 e. The fourth-order valence-electron chi connectivity index (χ4n) is 3.06. The minimum absolute atomic E-state index is 0. The van der Waals surface area contributed by atoms with E-state index < -0.39 is 0 Å². The third kappa shape index (κ3) is 9.69. The van der Waals surface area contributed by atoms with Gasteiger partial charge in [-0.15, -0.1) is 13.3 Å². The number of fused-ring (bicyclic) bond motifs is 2. The van der Waals surface area contributed by atoms with Crippen LogP contribution in [-0.4, -0.2) is 15.4 Å². The normalized spacial score (nSPS) is 26.0. The van der Waals surface area contributed by atoms with Crippen molar-refractivity contribution in [2.45, 2.75) is 52.1 Å². The zero-order valence-electron chi connectivity index (χ0n) is 13.7. The number of nitrogens with one attached hydrogen (secondary N) is 1. The van der Waals surface area contributed by atoms with Crippen molar-refractivity contribution in [3.63, 3.8) is 0 Å². The Kier molecular flexibility index (Phi) is 18.9. The van der Waals surface area contributed by atoms with Gasteiger partial charge in [0.1, 0.15) is 0 Å². The second-order valence-electron chi connectivity index (χ2n) is 5.72. The first-order valence-corrected chi connectivity index (χ1v) is 9.62. The van der Waals surface area contributed by atoms with Crippen molar-refractivity contribution in [3.05, 3.63) is 29.5 Å². The van der Waals surface area contributed by atoms with Gasteiger partial charge in [0, 0.05) is 15.4 Å². The molecule has 123 valence electrons. The molecule has 22 heavy (non-hydrogen) atoms. The number of hydrogen-bond acceptors (Lipinski definition) is 1. The molecule has 0 aliphatic heterocycles. The number of rotatable bonds is 1. The summed E-state index contributed by atoms with van der Waals surface area (Å²) in [6.45, 7) is 6.50. The molecular weight excluding hydrogens is 500 g/mol. The summed E-state index contributed by atoms with van der Waals surface area (Å²) in [4.78, 5) is 10.7. The van der Waals surface area contributed by atoms with Crippen LogP contribution in [0.15, 0.2) is 17.7 Å². The first-order valence-electron chi connectivity index (χ1n) is 7.31. The van der Waals surface area contributed by atoms with Crippen molar-refractivity contribution in [3.8, 4) is 0 Å². The maximum Gasteiger partial charge on any atom is 4.00 e. The molecule has 3 rings (SSSR count). The van der Waals surface area contributed by atoms with E-state index >= 15 is 0 Å². The van der Waals surface area contributed by atoms with E-state index in [0.29, 0.717) is 5.92 Å². The fourth-order valence-corrected chi connectivity index (χ4v) is 3.06. The van der Waals surface area contributed by atoms with Crippen LogP contribution in [0.1, 0.15) is 39.0 Å². The molecular formula is C16H26Cl2HfNOSi. The Morgan fingerprint density at radius 3 is 2.05 bits per heavy atom. The van der Waals surface area contributed by atoms with E-state index in [1.165, 1.54) is 24.8 Å². The van der Waals surface area contributed by atoms with Crippen molar-refractivity contribution in [2.24, 2.45) is 17.8 Å². The molecule has 1 amide bonds. The summed E-state index contributed by atoms with van der Waals surface area (Å²) in [5.74, 6) is 1.20. The molecule has 0 saturated heterocycles. The van der Waals surface area contributed by atoms with Gasteiger partial charge >= 0.3 is 25.8 Å². The van der Waals surface area contributed by atoms with E-state index in [-0.39, 0.29) is 62.5 Å². The third-order valence-electron chi connectivity index (χ3n) is 3.95. The molecule has 3 atom stereocenters. The van der Waals surface area contributed by atoms with Gasteiger partial charge in [0.2, 0.25) is 0 Å². The molecule has 1 radical (unpaired) electrons. The quantitative estimate of drug-likeness (QED) is 0.295. The number of carbonyl (C=O) groups is 1. The summed E-state index contributed by atoms with van der Waals surface area (Å²) >= 11 is 0. The van der Waals surface area contributed by atoms with Gasteiger partial charge in [0.25, 0.3) is 0 Å². The van der Waals surface area contributed by atoms with Crippen LogP contribution in [0.2, 0.25) is 13.1 Å². The Morgan fingerprint density at radius 2 is 1.86 bits per heavy atom. The van der Waals surface area contributed by atoms with Crippen LogP contribution >= 0.6 is 0 Å². The van der Waals surface area contributed by atoms with Crippen molar-refractivity contribution >= 4 is 15.4 Å². The second kappa shape index (κ2) is 15.2. The molecule has 2 fully saturated rings. The summed E-state index contributed by atoms with van der Waals surface area (Å²) in [7, 11) is 0.750. The van der Waals surface area contributed by atoms with Crippen molar-refractivity contribution in [2.75, 3.05) is 0 Å². The molecule has 2 nitrogen and oxygen atoms in total. The maximum absolute atomic E-state index is 10.7. The number of halogens is 2. The van der Waals surface area contributed by atoms with Crippen LogP contribution in [0.3, 0.4) is 0 Å². The molecule has 0 aromatic heterocycles. The molecule has 0 spiro atoms. The first-order chi connectivity index (χ1) is 9.08. The van der Waals surface area contributed by atoms with Crippen LogP contribution in [0.5, 0.6) is 0 Å². The largest absolute Gasteiger partial charge is 4.00 e. The molecule has 3 unspecified atom stereocenters. The summed E-state index contributed by atoms with van der Waals surface area (Å²) in [6.07, 6.45) is 13.0. The Hall–Kier alpha value is 0.617. The van der Waals surface area contributed by atoms with Crippen LogP contribution < -0.4 is 24.8 Å². The zero-order valence-corrected chi connectivity index (χ0v) is 19.9. The molecule has 3 aliphatic carbocycles. The molecule has 3 aliphatic rings. The van der Waals surface area contributed by atoms with Crippen LogP contribution in [0.4, 0.5) is 0 Å². The number of amides is 1. The number of hydrogen-bond donors (Lipinski definition) is 0. The topological polar surface area (TPSA) is 40.9 Å². The maximum atomic E-state index is 10.7. The van der Waals surface area contributed by atoms with Gasteiger partial charge in [-0.25, -0.2) is 11.6 Å². The number of carbonyl (C=O) groups excluding carboxylic acids is 1. The van der Waals surface area contributed by atoms with E-state index in [0.717, 1.165) is 28.3 Å². The zero-order chi connectivity index (χ0) is 14.3. The van der Waals surface area contributed by atoms with E-state index in [1.54, 1.807) is 0 Å². The molecule has 2 bridgehead atoms. The number of allylic oxidation sites excluding steroid dienone is 4. The molecule has 2 saturated carbocycles. The van der Waals surface area contributed by atoms with E-state index in [9.17, 15) is 4.79 Å². The SMILES string of the molecule is CC1=CC[C-]=C1.C[SiH]C.[Cl-].[Cl-].[Hf+4].[NH-]C(=O)C1CC2CCC1C2. The predicted octanol–water partition coefficient (Wildman–Crippen LogP) is -1.78. The average Bonchev–Trinajstić information content (AvgIpc) is 3.07. The predicted molar refractivity (Wildman–Crippen MR) is 83.3 cm³/mol. The summed E-state index contributed by atoms with van der Waals surface area (Å²) in [5.41, 5.74) is 8.33. The van der Waals surface area contributed by atoms with Crippen LogP contribution in [0, 0.1) is 23.8 Å². The van der Waals surface area contributed by atoms with Gasteiger partial charge in [-0.3, -0.25) is 6.08 Å². The van der Waals surface area contributed by atoms with Crippen molar-refractivity contribution in [1.29, 1.82) is 0 Å². The van der Waals surface area contributed by atoms with Gasteiger partial charge in [0.15, 0.2) is 0 Å². The standard InChI is InChI=1S/C8H13NO.C6H7.C2H7Si.2ClH.Hf/c9-8(10)7-4-5-1-2-6(7)3-5;1-6-4-2-3-5-6;1-3-2;;;/h5-7H,1-4H2,(H2,9,10);4-5H,2H2,1H3;3H,1-2H3;2*1H;/q;-1;;;;+4/p-3. The molecule has 0 aromatic rings. The Bertz CT molecular complexity index is 361. The van der Waals surface area contributed by atoms with Gasteiger partial charge in [-0.2, -0.15) is 6.08 Å².